The van der Waals surface area contributed by atoms with Crippen molar-refractivity contribution in [3.8, 4) is 0 Å². The van der Waals surface area contributed by atoms with Gasteiger partial charge in [-0.05, 0) is 55.0 Å². The largest absolute Gasteiger partial charge is 0.339 e. The maximum atomic E-state index is 13.4. The molecule has 0 aliphatic carbocycles. The topological polar surface area (TPSA) is 60.9 Å². The van der Waals surface area contributed by atoms with Crippen LogP contribution < -0.4 is 0 Å². The summed E-state index contributed by atoms with van der Waals surface area (Å²) in [6, 6.07) is 19.1. The molecule has 0 N–H and O–H groups in total. The van der Waals surface area contributed by atoms with Crippen molar-refractivity contribution in [2.75, 3.05) is 32.7 Å². The van der Waals surface area contributed by atoms with Crippen molar-refractivity contribution < 1.29 is 13.2 Å². The Morgan fingerprint density at radius 2 is 1.74 bits per heavy atom. The fourth-order valence-corrected chi connectivity index (χ4v) is 7.74. The van der Waals surface area contributed by atoms with Crippen molar-refractivity contribution in [1.82, 2.24) is 14.1 Å². The molecule has 2 aliphatic heterocycles. The van der Waals surface area contributed by atoms with E-state index in [-0.39, 0.29) is 18.0 Å². The molecular formula is C27H31N3O3S2. The van der Waals surface area contributed by atoms with E-state index in [4.69, 9.17) is 0 Å². The van der Waals surface area contributed by atoms with Gasteiger partial charge in [-0.15, -0.1) is 11.3 Å². The Morgan fingerprint density at radius 3 is 2.46 bits per heavy atom. The van der Waals surface area contributed by atoms with Gasteiger partial charge in [0, 0.05) is 37.1 Å². The van der Waals surface area contributed by atoms with Crippen molar-refractivity contribution in [2.45, 2.75) is 37.2 Å². The summed E-state index contributed by atoms with van der Waals surface area (Å²) in [4.78, 5) is 19.2. The van der Waals surface area contributed by atoms with E-state index in [1.54, 1.807) is 35.6 Å². The molecule has 5 rings (SSSR count). The van der Waals surface area contributed by atoms with Crippen LogP contribution in [0.2, 0.25) is 0 Å². The fraction of sp³-hybridized carbons (Fsp3) is 0.370. The second kappa shape index (κ2) is 9.85. The Morgan fingerprint density at radius 1 is 1.00 bits per heavy atom. The first kappa shape index (κ1) is 24.2. The molecule has 1 saturated heterocycles. The smallest absolute Gasteiger partial charge is 0.243 e. The van der Waals surface area contributed by atoms with Crippen molar-refractivity contribution in [2.24, 2.45) is 0 Å². The van der Waals surface area contributed by atoms with Gasteiger partial charge in [0.2, 0.25) is 15.9 Å². The molecule has 2 aliphatic rings. The van der Waals surface area contributed by atoms with Crippen LogP contribution in [0.1, 0.15) is 34.5 Å². The molecule has 2 atom stereocenters. The molecule has 1 aromatic heterocycles. The number of nitrogens with zero attached hydrogens (tertiary/aromatic N) is 3. The molecule has 0 saturated carbocycles. The van der Waals surface area contributed by atoms with Crippen LogP contribution in [0.5, 0.6) is 0 Å². The van der Waals surface area contributed by atoms with Gasteiger partial charge in [-0.25, -0.2) is 8.42 Å². The van der Waals surface area contributed by atoms with E-state index in [9.17, 15) is 13.2 Å². The molecule has 1 amide bonds. The highest BCUT2D eigenvalue weighted by Gasteiger charge is 2.37. The van der Waals surface area contributed by atoms with Gasteiger partial charge in [0.15, 0.2) is 0 Å². The zero-order valence-corrected chi connectivity index (χ0v) is 21.8. The van der Waals surface area contributed by atoms with Crippen molar-refractivity contribution in [3.63, 3.8) is 0 Å². The second-order valence-corrected chi connectivity index (χ2v) is 12.3. The average Bonchev–Trinajstić information content (AvgIpc) is 3.34. The second-order valence-electron chi connectivity index (χ2n) is 9.45. The molecule has 184 valence electrons. The van der Waals surface area contributed by atoms with Crippen LogP contribution in [0.4, 0.5) is 0 Å². The Hall–Kier alpha value is -2.52. The predicted molar refractivity (Wildman–Crippen MR) is 139 cm³/mol. The minimum absolute atomic E-state index is 0.0596. The van der Waals surface area contributed by atoms with E-state index in [1.165, 1.54) is 25.9 Å². The molecule has 8 heteroatoms. The minimum atomic E-state index is -3.58. The number of hydrogen-bond acceptors (Lipinski definition) is 5. The first-order valence-electron chi connectivity index (χ1n) is 12.1. The molecule has 0 bridgehead atoms. The molecule has 2 aromatic carbocycles. The predicted octanol–water partition coefficient (Wildman–Crippen LogP) is 3.93. The van der Waals surface area contributed by atoms with Crippen molar-refractivity contribution in [3.05, 3.63) is 87.6 Å². The van der Waals surface area contributed by atoms with E-state index >= 15 is 0 Å². The van der Waals surface area contributed by atoms with Gasteiger partial charge < -0.3 is 4.90 Å². The summed E-state index contributed by atoms with van der Waals surface area (Å²) in [6.45, 7) is 6.23. The van der Waals surface area contributed by atoms with Crippen LogP contribution in [-0.2, 0) is 21.2 Å². The number of benzene rings is 2. The molecule has 0 spiro atoms. The zero-order valence-electron chi connectivity index (χ0n) is 20.1. The van der Waals surface area contributed by atoms with Crippen LogP contribution in [0.25, 0.3) is 0 Å². The third-order valence-corrected chi connectivity index (χ3v) is 10.1. The number of piperazine rings is 1. The van der Waals surface area contributed by atoms with Crippen LogP contribution >= 0.6 is 11.3 Å². The maximum Gasteiger partial charge on any atom is 0.243 e. The van der Waals surface area contributed by atoms with Crippen LogP contribution in [0, 0.1) is 6.92 Å². The number of rotatable bonds is 5. The van der Waals surface area contributed by atoms with Gasteiger partial charge in [-0.3, -0.25) is 9.69 Å². The third kappa shape index (κ3) is 4.80. The number of sulfonamides is 1. The van der Waals surface area contributed by atoms with E-state index in [0.29, 0.717) is 31.1 Å². The molecule has 35 heavy (non-hydrogen) atoms. The Labute approximate surface area is 211 Å². The molecule has 0 radical (unpaired) electrons. The number of carbonyl (C=O) groups is 1. The average molecular weight is 510 g/mol. The highest BCUT2D eigenvalue weighted by molar-refractivity contribution is 7.89. The number of thiophene rings is 1. The Kier molecular flexibility index (Phi) is 6.81. The summed E-state index contributed by atoms with van der Waals surface area (Å²) in [6.07, 6.45) is 0.947. The monoisotopic (exact) mass is 509 g/mol. The third-order valence-electron chi connectivity index (χ3n) is 7.07. The summed E-state index contributed by atoms with van der Waals surface area (Å²) >= 11 is 1.79. The van der Waals surface area contributed by atoms with Gasteiger partial charge in [-0.2, -0.15) is 4.31 Å². The summed E-state index contributed by atoms with van der Waals surface area (Å²) in [7, 11) is -3.58. The lowest BCUT2D eigenvalue weighted by Gasteiger charge is -2.41. The number of aryl methyl sites for hydroxylation is 1. The number of fused-ring (bicyclic) bond motifs is 1. The first-order valence-corrected chi connectivity index (χ1v) is 14.4. The summed E-state index contributed by atoms with van der Waals surface area (Å²) in [5.74, 6) is 0.0596. The lowest BCUT2D eigenvalue weighted by Crippen LogP contribution is -2.57. The SMILES string of the molecule is Cc1ccc([C@@H]2c3ccsc3CCN2CC(=O)N2CCN(S(=O)(=O)c3ccccc3)[C@H](C)C2)cc1. The van der Waals surface area contributed by atoms with E-state index in [1.807, 2.05) is 17.9 Å². The maximum absolute atomic E-state index is 13.4. The molecule has 1 fully saturated rings. The Bertz CT molecular complexity index is 1290. The number of hydrogen-bond donors (Lipinski definition) is 0. The van der Waals surface area contributed by atoms with Crippen LogP contribution in [-0.4, -0.2) is 67.2 Å². The van der Waals surface area contributed by atoms with Crippen LogP contribution in [0.15, 0.2) is 70.9 Å². The fourth-order valence-electron chi connectivity index (χ4n) is 5.20. The lowest BCUT2D eigenvalue weighted by atomic mass is 9.92. The van der Waals surface area contributed by atoms with Crippen molar-refractivity contribution >= 4 is 27.3 Å². The number of amides is 1. The van der Waals surface area contributed by atoms with Crippen molar-refractivity contribution in [1.29, 1.82) is 0 Å². The van der Waals surface area contributed by atoms with Gasteiger partial charge in [0.1, 0.15) is 0 Å². The van der Waals surface area contributed by atoms with Crippen LogP contribution in [0.3, 0.4) is 0 Å². The summed E-state index contributed by atoms with van der Waals surface area (Å²) < 4.78 is 27.8. The summed E-state index contributed by atoms with van der Waals surface area (Å²) in [5.41, 5.74) is 3.72. The van der Waals surface area contributed by atoms with E-state index in [2.05, 4.69) is 47.5 Å². The van der Waals surface area contributed by atoms with Gasteiger partial charge in [-0.1, -0.05) is 48.0 Å². The van der Waals surface area contributed by atoms with Gasteiger partial charge >= 0.3 is 0 Å². The molecule has 3 aromatic rings. The number of carbonyl (C=O) groups excluding carboxylic acids is 1. The summed E-state index contributed by atoms with van der Waals surface area (Å²) in [5, 5.41) is 2.14. The van der Waals surface area contributed by atoms with Gasteiger partial charge in [0.05, 0.1) is 17.5 Å². The molecule has 0 unspecified atom stereocenters. The molecule has 6 nitrogen and oxygen atoms in total. The standard InChI is InChI=1S/C27H31N3O3S2/c1-20-8-10-22(11-9-20)27-24-13-17-34-25(24)12-14-29(27)19-26(31)28-15-16-30(21(2)18-28)35(32,33)23-6-4-3-5-7-23/h3-11,13,17,21,27H,12,14-16,18-19H2,1-2H3/t21-,27-/m1/s1. The molecule has 3 heterocycles. The highest BCUT2D eigenvalue weighted by atomic mass is 32.2. The quantitative estimate of drug-likeness (QED) is 0.523. The highest BCUT2D eigenvalue weighted by Crippen LogP contribution is 2.37. The van der Waals surface area contributed by atoms with Gasteiger partial charge in [0.25, 0.3) is 0 Å². The van der Waals surface area contributed by atoms with E-state index < -0.39 is 10.0 Å². The lowest BCUT2D eigenvalue weighted by molar-refractivity contribution is -0.135. The zero-order chi connectivity index (χ0) is 24.6. The molecular weight excluding hydrogens is 478 g/mol. The van der Waals surface area contributed by atoms with E-state index in [0.717, 1.165) is 13.0 Å². The normalized spacial score (nSPS) is 21.6. The minimum Gasteiger partial charge on any atom is -0.339 e. The Balaban J connectivity index is 1.30. The first-order chi connectivity index (χ1) is 16.8.